The molecule has 2 rings (SSSR count). The largest absolute Gasteiger partial charge is 0.481 e. The van der Waals surface area contributed by atoms with Crippen LogP contribution in [0.15, 0.2) is 29.4 Å². The summed E-state index contributed by atoms with van der Waals surface area (Å²) in [6.45, 7) is 1.97. The van der Waals surface area contributed by atoms with Crippen molar-refractivity contribution < 1.29 is 14.7 Å². The van der Waals surface area contributed by atoms with E-state index < -0.39 is 11.9 Å². The molecule has 1 N–H and O–H groups in total. The Balaban J connectivity index is 2.11. The summed E-state index contributed by atoms with van der Waals surface area (Å²) in [5, 5.41) is 14.8. The molecule has 0 radical (unpaired) electrons. The number of carbonyl (C=O) groups is 2. The lowest BCUT2D eigenvalue weighted by Gasteiger charge is -2.13. The summed E-state index contributed by atoms with van der Waals surface area (Å²) in [7, 11) is 0. The van der Waals surface area contributed by atoms with Crippen molar-refractivity contribution in [3.63, 3.8) is 0 Å². The van der Waals surface area contributed by atoms with Crippen LogP contribution in [-0.4, -0.2) is 27.7 Å². The fourth-order valence-corrected chi connectivity index (χ4v) is 2.21. The average molecular weight is 281 g/mol. The minimum Gasteiger partial charge on any atom is -0.481 e. The molecule has 0 spiro atoms. The summed E-state index contributed by atoms with van der Waals surface area (Å²) < 4.78 is 0. The van der Waals surface area contributed by atoms with Crippen LogP contribution in [0.5, 0.6) is 0 Å². The molecule has 0 saturated carbocycles. The topological polar surface area (TPSA) is 70.0 Å². The van der Waals surface area contributed by atoms with Crippen molar-refractivity contribution in [2.45, 2.75) is 19.9 Å². The molecule has 6 heteroatoms. The molecular weight excluding hydrogens is 268 g/mol. The highest BCUT2D eigenvalue weighted by atomic mass is 35.5. The van der Waals surface area contributed by atoms with Gasteiger partial charge in [0.25, 0.3) is 5.91 Å². The molecule has 5 nitrogen and oxygen atoms in total. The van der Waals surface area contributed by atoms with Crippen LogP contribution < -0.4 is 0 Å². The number of rotatable bonds is 4. The molecular formula is C13H13ClN2O3. The lowest BCUT2D eigenvalue weighted by molar-refractivity contribution is -0.142. The van der Waals surface area contributed by atoms with Crippen LogP contribution in [0, 0.1) is 5.92 Å². The Morgan fingerprint density at radius 2 is 2.26 bits per heavy atom. The molecule has 0 fully saturated rings. The molecule has 1 amide bonds. The van der Waals surface area contributed by atoms with Crippen molar-refractivity contribution in [2.24, 2.45) is 11.0 Å². The summed E-state index contributed by atoms with van der Waals surface area (Å²) >= 11 is 5.88. The number of carboxylic acid groups (broad SMARTS) is 1. The van der Waals surface area contributed by atoms with Gasteiger partial charge in [-0.2, -0.15) is 5.10 Å². The first kappa shape index (κ1) is 13.5. The van der Waals surface area contributed by atoms with E-state index in [-0.39, 0.29) is 12.3 Å². The van der Waals surface area contributed by atoms with Gasteiger partial charge in [-0.1, -0.05) is 23.7 Å². The highest BCUT2D eigenvalue weighted by Gasteiger charge is 2.34. The van der Waals surface area contributed by atoms with Gasteiger partial charge in [-0.25, -0.2) is 5.01 Å². The van der Waals surface area contributed by atoms with E-state index in [1.165, 1.54) is 5.01 Å². The number of hydrogen-bond donors (Lipinski definition) is 1. The van der Waals surface area contributed by atoms with E-state index >= 15 is 0 Å². The number of hydrazone groups is 1. The van der Waals surface area contributed by atoms with Gasteiger partial charge in [0, 0.05) is 10.7 Å². The van der Waals surface area contributed by atoms with Gasteiger partial charge >= 0.3 is 5.97 Å². The SMILES string of the molecule is CC1=NN(Cc2cccc(Cl)c2)C(=O)C1CC(=O)O. The summed E-state index contributed by atoms with van der Waals surface area (Å²) in [5.74, 6) is -1.94. The predicted molar refractivity (Wildman–Crippen MR) is 70.9 cm³/mol. The first-order chi connectivity index (χ1) is 8.97. The molecule has 1 unspecified atom stereocenters. The van der Waals surface area contributed by atoms with Gasteiger partial charge in [-0.3, -0.25) is 9.59 Å². The van der Waals surface area contributed by atoms with Gasteiger partial charge in [0.2, 0.25) is 0 Å². The van der Waals surface area contributed by atoms with Gasteiger partial charge < -0.3 is 5.11 Å². The molecule has 19 heavy (non-hydrogen) atoms. The van der Waals surface area contributed by atoms with Crippen molar-refractivity contribution in [1.82, 2.24) is 5.01 Å². The quantitative estimate of drug-likeness (QED) is 0.919. The van der Waals surface area contributed by atoms with Gasteiger partial charge in [0.05, 0.1) is 18.9 Å². The molecule has 0 saturated heterocycles. The molecule has 1 aromatic rings. The van der Waals surface area contributed by atoms with Crippen molar-refractivity contribution >= 4 is 29.2 Å². The number of hydrogen-bond acceptors (Lipinski definition) is 3. The van der Waals surface area contributed by atoms with E-state index in [2.05, 4.69) is 5.10 Å². The monoisotopic (exact) mass is 280 g/mol. The zero-order chi connectivity index (χ0) is 14.0. The van der Waals surface area contributed by atoms with Crippen LogP contribution in [0.2, 0.25) is 5.02 Å². The third kappa shape index (κ3) is 3.12. The summed E-state index contributed by atoms with van der Waals surface area (Å²) in [5.41, 5.74) is 1.39. The Morgan fingerprint density at radius 3 is 2.89 bits per heavy atom. The third-order valence-corrected chi connectivity index (χ3v) is 3.17. The summed E-state index contributed by atoms with van der Waals surface area (Å²) in [6, 6.07) is 7.14. The van der Waals surface area contributed by atoms with Crippen LogP contribution in [0.3, 0.4) is 0 Å². The van der Waals surface area contributed by atoms with Crippen molar-refractivity contribution in [3.8, 4) is 0 Å². The van der Waals surface area contributed by atoms with Crippen molar-refractivity contribution in [3.05, 3.63) is 34.9 Å². The number of aliphatic carboxylic acids is 1. The Morgan fingerprint density at radius 1 is 1.53 bits per heavy atom. The molecule has 0 aliphatic carbocycles. The number of carbonyl (C=O) groups excluding carboxylic acids is 1. The Bertz CT molecular complexity index is 557. The molecule has 0 bridgehead atoms. The first-order valence-corrected chi connectivity index (χ1v) is 6.18. The Hall–Kier alpha value is -1.88. The minimum atomic E-state index is -1.00. The molecule has 1 aromatic carbocycles. The highest BCUT2D eigenvalue weighted by molar-refractivity contribution is 6.30. The number of amides is 1. The van der Waals surface area contributed by atoms with E-state index in [1.807, 2.05) is 6.07 Å². The Kier molecular flexibility index (Phi) is 3.85. The first-order valence-electron chi connectivity index (χ1n) is 5.80. The fourth-order valence-electron chi connectivity index (χ4n) is 2.00. The number of nitrogens with zero attached hydrogens (tertiary/aromatic N) is 2. The van der Waals surface area contributed by atoms with Gasteiger partial charge in [-0.15, -0.1) is 0 Å². The fraction of sp³-hybridized carbons (Fsp3) is 0.308. The van der Waals surface area contributed by atoms with Crippen molar-refractivity contribution in [1.29, 1.82) is 0 Å². The Labute approximate surface area is 115 Å². The zero-order valence-corrected chi connectivity index (χ0v) is 11.1. The number of carboxylic acids is 1. The maximum atomic E-state index is 12.1. The van der Waals surface area contributed by atoms with Gasteiger partial charge in [-0.05, 0) is 24.6 Å². The third-order valence-electron chi connectivity index (χ3n) is 2.94. The number of halogens is 1. The van der Waals surface area contributed by atoms with Crippen LogP contribution in [-0.2, 0) is 16.1 Å². The normalized spacial score (nSPS) is 18.6. The zero-order valence-electron chi connectivity index (χ0n) is 10.3. The lowest BCUT2D eigenvalue weighted by atomic mass is 10.0. The van der Waals surface area contributed by atoms with Crippen LogP contribution >= 0.6 is 11.6 Å². The second kappa shape index (κ2) is 5.40. The number of benzene rings is 1. The highest BCUT2D eigenvalue weighted by Crippen LogP contribution is 2.22. The summed E-state index contributed by atoms with van der Waals surface area (Å²) in [4.78, 5) is 22.8. The second-order valence-corrected chi connectivity index (χ2v) is 4.85. The summed E-state index contributed by atoms with van der Waals surface area (Å²) in [6.07, 6.45) is -0.222. The molecule has 1 atom stereocenters. The van der Waals surface area contributed by atoms with Gasteiger partial charge in [0.15, 0.2) is 0 Å². The lowest BCUT2D eigenvalue weighted by Crippen LogP contribution is -2.28. The maximum absolute atomic E-state index is 12.1. The van der Waals surface area contributed by atoms with E-state index in [0.717, 1.165) is 5.56 Å². The van der Waals surface area contributed by atoms with Crippen LogP contribution in [0.1, 0.15) is 18.9 Å². The standard InChI is InChI=1S/C13H13ClN2O3/c1-8-11(6-12(17)18)13(19)16(15-8)7-9-3-2-4-10(14)5-9/h2-5,11H,6-7H2,1H3,(H,17,18). The molecule has 1 aliphatic heterocycles. The molecule has 0 aromatic heterocycles. The van der Waals surface area contributed by atoms with E-state index in [0.29, 0.717) is 17.3 Å². The predicted octanol–water partition coefficient (Wildman–Crippen LogP) is 2.15. The average Bonchev–Trinajstić information content (AvgIpc) is 2.57. The van der Waals surface area contributed by atoms with E-state index in [9.17, 15) is 9.59 Å². The molecule has 1 aliphatic rings. The molecule has 1 heterocycles. The van der Waals surface area contributed by atoms with E-state index in [1.54, 1.807) is 25.1 Å². The van der Waals surface area contributed by atoms with Crippen LogP contribution in [0.4, 0.5) is 0 Å². The smallest absolute Gasteiger partial charge is 0.304 e. The van der Waals surface area contributed by atoms with Crippen LogP contribution in [0.25, 0.3) is 0 Å². The maximum Gasteiger partial charge on any atom is 0.304 e. The van der Waals surface area contributed by atoms with E-state index in [4.69, 9.17) is 16.7 Å². The van der Waals surface area contributed by atoms with Crippen molar-refractivity contribution in [2.75, 3.05) is 0 Å². The molecule has 100 valence electrons. The minimum absolute atomic E-state index is 0.222. The van der Waals surface area contributed by atoms with Gasteiger partial charge in [0.1, 0.15) is 0 Å². The second-order valence-electron chi connectivity index (χ2n) is 4.42.